The van der Waals surface area contributed by atoms with Gasteiger partial charge in [0.2, 0.25) is 5.92 Å². The van der Waals surface area contributed by atoms with Gasteiger partial charge in [-0.1, -0.05) is 17.7 Å². The predicted molar refractivity (Wildman–Crippen MR) is 127 cm³/mol. The number of anilines is 1. The van der Waals surface area contributed by atoms with E-state index in [4.69, 9.17) is 11.6 Å². The Labute approximate surface area is 210 Å². The first-order chi connectivity index (χ1) is 16.5. The number of nitrogens with zero attached hydrogens (tertiary/aromatic N) is 5. The van der Waals surface area contributed by atoms with Crippen LogP contribution in [0, 0.1) is 22.6 Å². The molecule has 5 rings (SSSR count). The van der Waals surface area contributed by atoms with E-state index >= 15 is 0 Å². The molecule has 2 aliphatic rings. The van der Waals surface area contributed by atoms with Crippen molar-refractivity contribution in [3.63, 3.8) is 0 Å². The molecule has 12 heteroatoms. The van der Waals surface area contributed by atoms with Gasteiger partial charge in [-0.05, 0) is 39.7 Å². The van der Waals surface area contributed by atoms with Crippen molar-refractivity contribution in [3.05, 3.63) is 72.8 Å². The second-order valence-electron chi connectivity index (χ2n) is 8.92. The summed E-state index contributed by atoms with van der Waals surface area (Å²) in [4.78, 5) is 33.0. The lowest BCUT2D eigenvalue weighted by molar-refractivity contribution is -0.170. The summed E-state index contributed by atoms with van der Waals surface area (Å²) in [5.41, 5.74) is -1.76. The van der Waals surface area contributed by atoms with Crippen LogP contribution in [0.2, 0.25) is 5.02 Å². The van der Waals surface area contributed by atoms with E-state index in [0.717, 1.165) is 15.2 Å². The summed E-state index contributed by atoms with van der Waals surface area (Å²) in [6.45, 7) is -0.0218. The Balaban J connectivity index is 1.77. The number of nitriles is 1. The lowest BCUT2D eigenvalue weighted by atomic mass is 9.61. The second kappa shape index (κ2) is 8.24. The summed E-state index contributed by atoms with van der Waals surface area (Å²) in [6, 6.07) is 7.14. The van der Waals surface area contributed by atoms with Gasteiger partial charge in [0.25, 0.3) is 5.56 Å². The summed E-state index contributed by atoms with van der Waals surface area (Å²) in [5.74, 6) is -3.31. The summed E-state index contributed by atoms with van der Waals surface area (Å²) in [7, 11) is 0. The number of aromatic nitrogens is 3. The highest BCUT2D eigenvalue weighted by atomic mass is 79.9. The second-order valence-corrected chi connectivity index (χ2v) is 10.2. The maximum Gasteiger partial charge on any atom is 0.338 e. The number of rotatable bonds is 4. The molecule has 2 aromatic heterocycles. The number of hydrogen-bond acceptors (Lipinski definition) is 5. The van der Waals surface area contributed by atoms with Crippen LogP contribution in [0.15, 0.2) is 50.7 Å². The van der Waals surface area contributed by atoms with E-state index < -0.39 is 34.9 Å². The molecule has 7 nitrogen and oxygen atoms in total. The van der Waals surface area contributed by atoms with Gasteiger partial charge < -0.3 is 4.90 Å². The third-order valence-electron chi connectivity index (χ3n) is 6.32. The number of halogens is 5. The van der Waals surface area contributed by atoms with Crippen LogP contribution in [-0.2, 0) is 6.54 Å². The molecule has 3 heterocycles. The van der Waals surface area contributed by atoms with Crippen molar-refractivity contribution in [2.75, 3.05) is 18.0 Å². The highest BCUT2D eigenvalue weighted by Gasteiger charge is 2.62. The maximum absolute atomic E-state index is 13.9. The van der Waals surface area contributed by atoms with E-state index in [0.29, 0.717) is 4.47 Å². The van der Waals surface area contributed by atoms with Crippen LogP contribution in [0.25, 0.3) is 16.8 Å². The van der Waals surface area contributed by atoms with E-state index in [9.17, 15) is 28.0 Å². The molecule has 1 saturated carbocycles. The quantitative estimate of drug-likeness (QED) is 0.468. The average Bonchev–Trinajstić information content (AvgIpc) is 2.74. The van der Waals surface area contributed by atoms with Crippen LogP contribution in [0.4, 0.5) is 19.0 Å². The summed E-state index contributed by atoms with van der Waals surface area (Å²) >= 11 is 9.26. The van der Waals surface area contributed by atoms with E-state index in [-0.39, 0.29) is 53.6 Å². The van der Waals surface area contributed by atoms with Gasteiger partial charge in [-0.2, -0.15) is 5.26 Å². The minimum absolute atomic E-state index is 0.00246. The van der Waals surface area contributed by atoms with Crippen LogP contribution in [-0.4, -0.2) is 33.1 Å². The Morgan fingerprint density at radius 1 is 1.17 bits per heavy atom. The molecule has 1 saturated heterocycles. The monoisotopic (exact) mass is 565 g/mol. The molecule has 1 aliphatic carbocycles. The summed E-state index contributed by atoms with van der Waals surface area (Å²) in [6.07, 6.45) is 2.24. The molecule has 35 heavy (non-hydrogen) atoms. The highest BCUT2D eigenvalue weighted by Crippen LogP contribution is 2.57. The first-order valence-electron chi connectivity index (χ1n) is 10.5. The number of benzene rings is 1. The van der Waals surface area contributed by atoms with Crippen LogP contribution in [0.5, 0.6) is 0 Å². The van der Waals surface area contributed by atoms with Crippen molar-refractivity contribution in [2.45, 2.75) is 25.3 Å². The fraction of sp³-hybridized carbons (Fsp3) is 0.304. The molecule has 2 fully saturated rings. The molecule has 1 aromatic carbocycles. The zero-order valence-corrected chi connectivity index (χ0v) is 20.3. The number of pyridine rings is 1. The van der Waals surface area contributed by atoms with Crippen molar-refractivity contribution in [1.29, 1.82) is 5.26 Å². The molecular formula is C23H16BrClF3N5O2. The van der Waals surface area contributed by atoms with Crippen molar-refractivity contribution >= 4 is 33.3 Å². The van der Waals surface area contributed by atoms with Gasteiger partial charge in [-0.25, -0.2) is 22.5 Å². The Bertz CT molecular complexity index is 1520. The van der Waals surface area contributed by atoms with Gasteiger partial charge in [0.15, 0.2) is 0 Å². The Kier molecular flexibility index (Phi) is 5.56. The fourth-order valence-electron chi connectivity index (χ4n) is 5.02. The van der Waals surface area contributed by atoms with Crippen molar-refractivity contribution in [2.24, 2.45) is 5.41 Å². The minimum atomic E-state index is -2.73. The fourth-order valence-corrected chi connectivity index (χ4v) is 5.55. The molecule has 180 valence electrons. The molecule has 0 unspecified atom stereocenters. The number of alkyl halides is 2. The highest BCUT2D eigenvalue weighted by molar-refractivity contribution is 9.10. The van der Waals surface area contributed by atoms with Crippen molar-refractivity contribution in [1.82, 2.24) is 14.1 Å². The smallest absolute Gasteiger partial charge is 0.338 e. The lowest BCUT2D eigenvalue weighted by Gasteiger charge is -2.59. The van der Waals surface area contributed by atoms with Gasteiger partial charge in [0, 0.05) is 42.0 Å². The van der Waals surface area contributed by atoms with Gasteiger partial charge in [-0.3, -0.25) is 14.3 Å². The predicted octanol–water partition coefficient (Wildman–Crippen LogP) is 4.38. The molecule has 1 aliphatic heterocycles. The number of hydrogen-bond donors (Lipinski definition) is 0. The molecule has 0 atom stereocenters. The first kappa shape index (κ1) is 23.6. The van der Waals surface area contributed by atoms with Crippen molar-refractivity contribution in [3.8, 4) is 22.9 Å². The summed E-state index contributed by atoms with van der Waals surface area (Å²) in [5, 5.41) is 9.25. The SMILES string of the molecule is N#CCn1c(N2CC3(C2)CC(F)(F)C3)c(-c2ccc(F)c(Cl)c2)c(=O)n(-c2cncc(Br)c2)c1=O. The third kappa shape index (κ3) is 3.94. The van der Waals surface area contributed by atoms with Crippen LogP contribution in [0.1, 0.15) is 12.8 Å². The van der Waals surface area contributed by atoms with E-state index in [2.05, 4.69) is 20.9 Å². The van der Waals surface area contributed by atoms with Gasteiger partial charge >= 0.3 is 5.69 Å². The Hall–Kier alpha value is -3.10. The van der Waals surface area contributed by atoms with Crippen LogP contribution >= 0.6 is 27.5 Å². The standard InChI is InChI=1S/C23H16BrClF3N5O2/c24-14-6-15(8-30-7-14)33-20(34)18(13-1-2-17(26)16(25)5-13)19(32(4-3-29)21(33)35)31-11-22(12-31)9-23(27,28)10-22/h1-2,5-8H,4,9-12H2. The zero-order valence-electron chi connectivity index (χ0n) is 17.9. The molecule has 0 amide bonds. The van der Waals surface area contributed by atoms with E-state index in [1.54, 1.807) is 4.90 Å². The molecule has 0 radical (unpaired) electrons. The average molecular weight is 567 g/mol. The molecule has 1 spiro atoms. The maximum atomic E-state index is 13.9. The topological polar surface area (TPSA) is 83.9 Å². The van der Waals surface area contributed by atoms with Gasteiger partial charge in [0.05, 0.1) is 28.5 Å². The minimum Gasteiger partial charge on any atom is -0.356 e. The van der Waals surface area contributed by atoms with E-state index in [1.165, 1.54) is 30.6 Å². The molecule has 0 bridgehead atoms. The lowest BCUT2D eigenvalue weighted by Crippen LogP contribution is -2.67. The van der Waals surface area contributed by atoms with E-state index in [1.807, 2.05) is 6.07 Å². The van der Waals surface area contributed by atoms with Crippen LogP contribution < -0.4 is 16.1 Å². The van der Waals surface area contributed by atoms with Gasteiger partial charge in [0.1, 0.15) is 18.2 Å². The normalized spacial score (nSPS) is 17.5. The molecule has 0 N–H and O–H groups in total. The third-order valence-corrected chi connectivity index (χ3v) is 7.05. The Morgan fingerprint density at radius 2 is 1.89 bits per heavy atom. The van der Waals surface area contributed by atoms with Crippen LogP contribution in [0.3, 0.4) is 0 Å². The summed E-state index contributed by atoms with van der Waals surface area (Å²) < 4.78 is 43.6. The zero-order chi connectivity index (χ0) is 25.1. The first-order valence-corrected chi connectivity index (χ1v) is 11.7. The van der Waals surface area contributed by atoms with Gasteiger partial charge in [-0.15, -0.1) is 0 Å². The largest absolute Gasteiger partial charge is 0.356 e. The Morgan fingerprint density at radius 3 is 2.49 bits per heavy atom. The van der Waals surface area contributed by atoms with Crippen molar-refractivity contribution < 1.29 is 13.2 Å². The molecular weight excluding hydrogens is 551 g/mol. The molecule has 3 aromatic rings.